The fraction of sp³-hybridized carbons (Fsp3) is 0.200. The monoisotopic (exact) mass is 453 g/mol. The van der Waals surface area contributed by atoms with Gasteiger partial charge in [0.15, 0.2) is 11.5 Å². The van der Waals surface area contributed by atoms with Crippen LogP contribution >= 0.6 is 0 Å². The molecule has 0 aromatic heterocycles. The van der Waals surface area contributed by atoms with Crippen molar-refractivity contribution in [1.82, 2.24) is 0 Å². The lowest BCUT2D eigenvalue weighted by molar-refractivity contribution is 0.113. The van der Waals surface area contributed by atoms with Crippen LogP contribution in [0.15, 0.2) is 96.4 Å². The molecule has 0 heterocycles. The van der Waals surface area contributed by atoms with E-state index >= 15 is 0 Å². The summed E-state index contributed by atoms with van der Waals surface area (Å²) < 4.78 is 38.9. The van der Waals surface area contributed by atoms with E-state index in [0.717, 1.165) is 5.56 Å². The molecule has 7 heteroatoms. The first-order valence-electron chi connectivity index (χ1n) is 10.2. The third-order valence-corrected chi connectivity index (χ3v) is 6.60. The lowest BCUT2D eigenvalue weighted by atomic mass is 10.1. The van der Waals surface area contributed by atoms with Crippen molar-refractivity contribution in [2.24, 2.45) is 0 Å². The molecular formula is C25H27NO5S. The Morgan fingerprint density at radius 3 is 2.28 bits per heavy atom. The van der Waals surface area contributed by atoms with E-state index in [1.165, 1.54) is 16.4 Å². The highest BCUT2D eigenvalue weighted by Crippen LogP contribution is 2.29. The van der Waals surface area contributed by atoms with Crippen molar-refractivity contribution in [1.29, 1.82) is 0 Å². The summed E-state index contributed by atoms with van der Waals surface area (Å²) in [5.74, 6) is 1.00. The Labute approximate surface area is 189 Å². The summed E-state index contributed by atoms with van der Waals surface area (Å²) in [4.78, 5) is 0.149. The van der Waals surface area contributed by atoms with E-state index in [4.69, 9.17) is 9.47 Å². The standard InChI is InChI=1S/C25H27NO5S/c1-3-10-20-15-16-24(25(17-20)30-2)31-19-22(27)18-26(21-11-6-4-7-12-21)32(28,29)23-13-8-5-9-14-23/h3-9,11-17,22,27H,1,10,18-19H2,2H3/t22-/m1/s1. The molecule has 168 valence electrons. The summed E-state index contributed by atoms with van der Waals surface area (Å²) in [5, 5.41) is 10.7. The maximum atomic E-state index is 13.3. The number of nitrogens with zero attached hydrogens (tertiary/aromatic N) is 1. The molecule has 6 nitrogen and oxygen atoms in total. The quantitative estimate of drug-likeness (QED) is 0.443. The number of anilines is 1. The molecule has 0 spiro atoms. The van der Waals surface area contributed by atoms with Crippen molar-refractivity contribution in [2.45, 2.75) is 17.4 Å². The van der Waals surface area contributed by atoms with Crippen LogP contribution in [0.25, 0.3) is 0 Å². The van der Waals surface area contributed by atoms with Gasteiger partial charge in [0.25, 0.3) is 10.0 Å². The number of aliphatic hydroxyl groups excluding tert-OH is 1. The summed E-state index contributed by atoms with van der Waals surface area (Å²) in [6.07, 6.45) is 1.42. The number of hydrogen-bond donors (Lipinski definition) is 1. The Bertz CT molecular complexity index is 1120. The number of para-hydroxylation sites is 1. The van der Waals surface area contributed by atoms with Crippen LogP contribution in [0.5, 0.6) is 11.5 Å². The van der Waals surface area contributed by atoms with E-state index in [1.54, 1.807) is 67.8 Å². The van der Waals surface area contributed by atoms with Crippen LogP contribution in [0.4, 0.5) is 5.69 Å². The maximum absolute atomic E-state index is 13.3. The molecule has 3 rings (SSSR count). The van der Waals surface area contributed by atoms with Crippen molar-refractivity contribution >= 4 is 15.7 Å². The van der Waals surface area contributed by atoms with Gasteiger partial charge >= 0.3 is 0 Å². The van der Waals surface area contributed by atoms with Gasteiger partial charge in [0.2, 0.25) is 0 Å². The zero-order chi connectivity index (χ0) is 23.0. The van der Waals surface area contributed by atoms with Gasteiger partial charge in [-0.3, -0.25) is 4.31 Å². The second-order valence-corrected chi connectivity index (χ2v) is 8.99. The molecule has 1 atom stereocenters. The highest BCUT2D eigenvalue weighted by atomic mass is 32.2. The van der Waals surface area contributed by atoms with Crippen LogP contribution in [-0.2, 0) is 16.4 Å². The molecule has 3 aromatic rings. The van der Waals surface area contributed by atoms with E-state index in [9.17, 15) is 13.5 Å². The molecule has 3 aromatic carbocycles. The van der Waals surface area contributed by atoms with E-state index in [2.05, 4.69) is 6.58 Å². The molecule has 0 aliphatic rings. The number of hydrogen-bond acceptors (Lipinski definition) is 5. The average Bonchev–Trinajstić information content (AvgIpc) is 2.82. The van der Waals surface area contributed by atoms with Gasteiger partial charge in [-0.15, -0.1) is 6.58 Å². The molecule has 0 aliphatic carbocycles. The van der Waals surface area contributed by atoms with E-state index in [-0.39, 0.29) is 18.0 Å². The minimum absolute atomic E-state index is 0.106. The first kappa shape index (κ1) is 23.4. The molecule has 0 amide bonds. The van der Waals surface area contributed by atoms with Gasteiger partial charge in [-0.2, -0.15) is 0 Å². The van der Waals surface area contributed by atoms with Crippen molar-refractivity contribution in [3.63, 3.8) is 0 Å². The highest BCUT2D eigenvalue weighted by Gasteiger charge is 2.27. The van der Waals surface area contributed by atoms with Crippen LogP contribution in [0.3, 0.4) is 0 Å². The zero-order valence-corrected chi connectivity index (χ0v) is 18.7. The molecular weight excluding hydrogens is 426 g/mol. The molecule has 32 heavy (non-hydrogen) atoms. The molecule has 0 aliphatic heterocycles. The number of methoxy groups -OCH3 is 1. The van der Waals surface area contributed by atoms with Crippen LogP contribution < -0.4 is 13.8 Å². The van der Waals surface area contributed by atoms with Gasteiger partial charge in [0, 0.05) is 0 Å². The topological polar surface area (TPSA) is 76.1 Å². The van der Waals surface area contributed by atoms with E-state index in [0.29, 0.717) is 23.6 Å². The van der Waals surface area contributed by atoms with Gasteiger partial charge < -0.3 is 14.6 Å². The van der Waals surface area contributed by atoms with Gasteiger partial charge in [-0.05, 0) is 48.4 Å². The summed E-state index contributed by atoms with van der Waals surface area (Å²) in [5.41, 5.74) is 1.48. The summed E-state index contributed by atoms with van der Waals surface area (Å²) >= 11 is 0. The predicted octanol–water partition coefficient (Wildman–Crippen LogP) is 4.06. The van der Waals surface area contributed by atoms with E-state index < -0.39 is 16.1 Å². The van der Waals surface area contributed by atoms with Crippen molar-refractivity contribution in [3.05, 3.63) is 97.1 Å². The lowest BCUT2D eigenvalue weighted by Crippen LogP contribution is -2.39. The van der Waals surface area contributed by atoms with Gasteiger partial charge in [0.1, 0.15) is 12.7 Å². The summed E-state index contributed by atoms with van der Waals surface area (Å²) in [6.45, 7) is 3.45. The third kappa shape index (κ3) is 5.69. The number of aliphatic hydroxyl groups is 1. The molecule has 0 radical (unpaired) electrons. The van der Waals surface area contributed by atoms with Gasteiger partial charge in [-0.25, -0.2) is 8.42 Å². The van der Waals surface area contributed by atoms with Crippen molar-refractivity contribution < 1.29 is 23.0 Å². The zero-order valence-electron chi connectivity index (χ0n) is 17.9. The number of rotatable bonds is 11. The number of benzene rings is 3. The molecule has 0 saturated carbocycles. The molecule has 1 N–H and O–H groups in total. The van der Waals surface area contributed by atoms with E-state index in [1.807, 2.05) is 12.1 Å². The Kier molecular flexibility index (Phi) is 7.92. The maximum Gasteiger partial charge on any atom is 0.264 e. The SMILES string of the molecule is C=CCc1ccc(OC[C@H](O)CN(c2ccccc2)S(=O)(=O)c2ccccc2)c(OC)c1. The summed E-state index contributed by atoms with van der Waals surface area (Å²) in [7, 11) is -2.33. The smallest absolute Gasteiger partial charge is 0.264 e. The molecule has 0 unspecified atom stereocenters. The second kappa shape index (κ2) is 10.8. The molecule has 0 saturated heterocycles. The fourth-order valence-corrected chi connectivity index (χ4v) is 4.73. The predicted molar refractivity (Wildman–Crippen MR) is 126 cm³/mol. The Morgan fingerprint density at radius 2 is 1.66 bits per heavy atom. The number of ether oxygens (including phenoxy) is 2. The number of allylic oxidation sites excluding steroid dienone is 1. The minimum Gasteiger partial charge on any atom is -0.493 e. The molecule has 0 bridgehead atoms. The van der Waals surface area contributed by atoms with Crippen LogP contribution in [0.2, 0.25) is 0 Å². The highest BCUT2D eigenvalue weighted by molar-refractivity contribution is 7.92. The van der Waals surface area contributed by atoms with Crippen molar-refractivity contribution in [2.75, 3.05) is 24.6 Å². The Morgan fingerprint density at radius 1 is 1.00 bits per heavy atom. The first-order chi connectivity index (χ1) is 15.5. The Balaban J connectivity index is 1.78. The largest absolute Gasteiger partial charge is 0.493 e. The van der Waals surface area contributed by atoms with Gasteiger partial charge in [0.05, 0.1) is 24.2 Å². The fourth-order valence-electron chi connectivity index (χ4n) is 3.21. The second-order valence-electron chi connectivity index (χ2n) is 7.13. The molecule has 0 fully saturated rings. The minimum atomic E-state index is -3.87. The van der Waals surface area contributed by atoms with Gasteiger partial charge in [-0.1, -0.05) is 48.5 Å². The number of sulfonamides is 1. The summed E-state index contributed by atoms with van der Waals surface area (Å²) in [6, 6.07) is 22.3. The first-order valence-corrected chi connectivity index (χ1v) is 11.6. The lowest BCUT2D eigenvalue weighted by Gasteiger charge is -2.27. The van der Waals surface area contributed by atoms with Crippen LogP contribution in [0, 0.1) is 0 Å². The average molecular weight is 454 g/mol. The Hall–Kier alpha value is -3.29. The third-order valence-electron chi connectivity index (χ3n) is 4.79. The van der Waals surface area contributed by atoms with Crippen LogP contribution in [-0.4, -0.2) is 39.9 Å². The van der Waals surface area contributed by atoms with Crippen molar-refractivity contribution in [3.8, 4) is 11.5 Å². The normalized spacial score (nSPS) is 12.1. The van der Waals surface area contributed by atoms with Crippen LogP contribution in [0.1, 0.15) is 5.56 Å².